The van der Waals surface area contributed by atoms with Crippen molar-refractivity contribution in [2.45, 2.75) is 10.0 Å². The lowest BCUT2D eigenvalue weighted by atomic mass is 10.2. The van der Waals surface area contributed by atoms with Crippen molar-refractivity contribution in [3.63, 3.8) is 0 Å². The molecule has 1 unspecified atom stereocenters. The van der Waals surface area contributed by atoms with Crippen LogP contribution in [0.1, 0.15) is 16.1 Å². The molecule has 1 atom stereocenters. The van der Waals surface area contributed by atoms with Gasteiger partial charge in [0.1, 0.15) is 5.75 Å². The number of benzene rings is 2. The average Bonchev–Trinajstić information content (AvgIpc) is 3.24. The first-order chi connectivity index (χ1) is 13.9. The molecule has 0 bridgehead atoms. The van der Waals surface area contributed by atoms with Gasteiger partial charge in [0.25, 0.3) is 5.91 Å². The molecule has 0 spiro atoms. The van der Waals surface area contributed by atoms with Gasteiger partial charge in [-0.2, -0.15) is 5.10 Å². The van der Waals surface area contributed by atoms with Crippen molar-refractivity contribution in [1.29, 1.82) is 0 Å². The first-order valence-electron chi connectivity index (χ1n) is 8.44. The number of para-hydroxylation sites is 1. The van der Waals surface area contributed by atoms with Gasteiger partial charge in [-0.25, -0.2) is 0 Å². The second-order valence-electron chi connectivity index (χ2n) is 5.80. The smallest absolute Gasteiger partial charge is 0.289 e. The van der Waals surface area contributed by atoms with Crippen LogP contribution in [0, 0.1) is 0 Å². The van der Waals surface area contributed by atoms with Crippen LogP contribution in [0.15, 0.2) is 82.5 Å². The highest BCUT2D eigenvalue weighted by Gasteiger charge is 2.36. The van der Waals surface area contributed by atoms with Gasteiger partial charge in [0.2, 0.25) is 10.0 Å². The van der Waals surface area contributed by atoms with E-state index in [4.69, 9.17) is 44.0 Å². The summed E-state index contributed by atoms with van der Waals surface area (Å²) in [6.45, 7) is 0. The van der Waals surface area contributed by atoms with Crippen molar-refractivity contribution in [2.24, 2.45) is 5.10 Å². The summed E-state index contributed by atoms with van der Waals surface area (Å²) in [7, 11) is 0. The number of carbonyl (C=O) groups is 1. The molecule has 0 aliphatic rings. The number of amides is 1. The van der Waals surface area contributed by atoms with Crippen LogP contribution < -0.4 is 15.5 Å². The molecule has 0 aliphatic carbocycles. The molecular weight excluding hydrogens is 437 g/mol. The molecule has 2 N–H and O–H groups in total. The summed E-state index contributed by atoms with van der Waals surface area (Å²) in [5, 5.41) is 6.65. The number of nitrogens with zero attached hydrogens (tertiary/aromatic N) is 1. The van der Waals surface area contributed by atoms with Crippen molar-refractivity contribution in [2.75, 3.05) is 5.43 Å². The molecule has 150 valence electrons. The zero-order valence-corrected chi connectivity index (χ0v) is 17.2. The third-order valence-corrected chi connectivity index (χ3v) is 4.21. The third-order valence-electron chi connectivity index (χ3n) is 3.62. The Kier molecular flexibility index (Phi) is 7.04. The highest BCUT2D eigenvalue weighted by Crippen LogP contribution is 2.32. The number of hydrogen-bond acceptors (Lipinski definition) is 5. The summed E-state index contributed by atoms with van der Waals surface area (Å²) in [5.41, 5.74) is 4.63. The van der Waals surface area contributed by atoms with E-state index >= 15 is 0 Å². The van der Waals surface area contributed by atoms with Crippen LogP contribution in [-0.4, -0.2) is 22.1 Å². The van der Waals surface area contributed by atoms with Crippen LogP contribution >= 0.6 is 34.8 Å². The minimum atomic E-state index is -1.90. The van der Waals surface area contributed by atoms with E-state index in [2.05, 4.69) is 15.8 Å². The normalized spacial score (nSPS) is 12.5. The second kappa shape index (κ2) is 9.69. The highest BCUT2D eigenvalue weighted by atomic mass is 35.6. The van der Waals surface area contributed by atoms with Crippen molar-refractivity contribution in [3.8, 4) is 5.75 Å². The molecule has 1 amide bonds. The van der Waals surface area contributed by atoms with Gasteiger partial charge in [-0.05, 0) is 54.1 Å². The van der Waals surface area contributed by atoms with E-state index in [0.717, 1.165) is 11.3 Å². The quantitative estimate of drug-likeness (QED) is 0.223. The molecule has 0 aliphatic heterocycles. The number of hydrazone groups is 1. The van der Waals surface area contributed by atoms with E-state index in [1.165, 1.54) is 12.3 Å². The molecule has 1 heterocycles. The largest absolute Gasteiger partial charge is 0.466 e. The maximum absolute atomic E-state index is 12.2. The lowest BCUT2D eigenvalue weighted by Crippen LogP contribution is -2.47. The van der Waals surface area contributed by atoms with Crippen molar-refractivity contribution in [3.05, 3.63) is 84.3 Å². The SMILES string of the molecule is O=C(NC(Oc1ccc(C=NNc2ccccc2)cc1)C(Cl)(Cl)Cl)c1ccco1. The lowest BCUT2D eigenvalue weighted by Gasteiger charge is -2.25. The van der Waals surface area contributed by atoms with Crippen LogP contribution in [0.3, 0.4) is 0 Å². The minimum Gasteiger partial charge on any atom is -0.466 e. The van der Waals surface area contributed by atoms with Crippen LogP contribution in [0.4, 0.5) is 5.69 Å². The molecular formula is C20H16Cl3N3O3. The Labute approximate surface area is 182 Å². The predicted octanol–water partition coefficient (Wildman–Crippen LogP) is 5.23. The topological polar surface area (TPSA) is 75.9 Å². The first-order valence-corrected chi connectivity index (χ1v) is 9.57. The fraction of sp³-hybridized carbons (Fsp3) is 0.100. The molecule has 0 saturated carbocycles. The van der Waals surface area contributed by atoms with Gasteiger partial charge in [-0.15, -0.1) is 0 Å². The Hall–Kier alpha value is -2.67. The van der Waals surface area contributed by atoms with E-state index in [9.17, 15) is 4.79 Å². The summed E-state index contributed by atoms with van der Waals surface area (Å²) in [4.78, 5) is 12.2. The summed E-state index contributed by atoms with van der Waals surface area (Å²) >= 11 is 17.8. The van der Waals surface area contributed by atoms with E-state index in [-0.39, 0.29) is 5.76 Å². The summed E-state index contributed by atoms with van der Waals surface area (Å²) in [6.07, 6.45) is 1.79. The number of halogens is 3. The Morgan fingerprint density at radius 1 is 1.03 bits per heavy atom. The Morgan fingerprint density at radius 2 is 1.76 bits per heavy atom. The zero-order chi connectivity index (χ0) is 20.7. The van der Waals surface area contributed by atoms with Gasteiger partial charge >= 0.3 is 0 Å². The minimum absolute atomic E-state index is 0.0744. The summed E-state index contributed by atoms with van der Waals surface area (Å²) < 4.78 is 8.77. The third kappa shape index (κ3) is 6.42. The van der Waals surface area contributed by atoms with Crippen LogP contribution in [0.2, 0.25) is 0 Å². The van der Waals surface area contributed by atoms with Crippen molar-refractivity contribution in [1.82, 2.24) is 5.32 Å². The van der Waals surface area contributed by atoms with Crippen LogP contribution in [-0.2, 0) is 0 Å². The summed E-state index contributed by atoms with van der Waals surface area (Å²) in [6, 6.07) is 19.5. The molecule has 0 fully saturated rings. The van der Waals surface area contributed by atoms with Gasteiger partial charge in [0.15, 0.2) is 5.76 Å². The van der Waals surface area contributed by atoms with Gasteiger partial charge in [-0.1, -0.05) is 53.0 Å². The number of furan rings is 1. The number of carbonyl (C=O) groups excluding carboxylic acids is 1. The average molecular weight is 453 g/mol. The maximum atomic E-state index is 12.2. The van der Waals surface area contributed by atoms with Gasteiger partial charge in [-0.3, -0.25) is 10.2 Å². The standard InChI is InChI=1S/C20H16Cl3N3O3/c21-20(22,23)19(25-18(27)17-7-4-12-28-17)29-16-10-8-14(9-11-16)13-24-26-15-5-2-1-3-6-15/h1-13,19,26H,(H,25,27). The highest BCUT2D eigenvalue weighted by molar-refractivity contribution is 6.68. The molecule has 3 aromatic rings. The second-order valence-corrected chi connectivity index (χ2v) is 8.16. The van der Waals surface area contributed by atoms with E-state index < -0.39 is 15.9 Å². The number of alkyl halides is 3. The molecule has 0 radical (unpaired) electrons. The molecule has 1 aromatic heterocycles. The lowest BCUT2D eigenvalue weighted by molar-refractivity contribution is 0.0805. The van der Waals surface area contributed by atoms with E-state index in [0.29, 0.717) is 5.75 Å². The number of hydrogen-bond donors (Lipinski definition) is 2. The Bertz CT molecular complexity index is 941. The molecule has 29 heavy (non-hydrogen) atoms. The number of nitrogens with one attached hydrogen (secondary N) is 2. The molecule has 3 rings (SSSR count). The predicted molar refractivity (Wildman–Crippen MR) is 115 cm³/mol. The number of rotatable bonds is 7. The van der Waals surface area contributed by atoms with Gasteiger partial charge < -0.3 is 14.5 Å². The molecule has 6 nitrogen and oxygen atoms in total. The Balaban J connectivity index is 1.62. The van der Waals surface area contributed by atoms with Gasteiger partial charge in [0, 0.05) is 0 Å². The van der Waals surface area contributed by atoms with Crippen LogP contribution in [0.25, 0.3) is 0 Å². The van der Waals surface area contributed by atoms with Crippen LogP contribution in [0.5, 0.6) is 5.75 Å². The molecule has 9 heteroatoms. The fourth-order valence-electron chi connectivity index (χ4n) is 2.24. The maximum Gasteiger partial charge on any atom is 0.289 e. The monoisotopic (exact) mass is 451 g/mol. The first kappa shape index (κ1) is 21.0. The molecule has 0 saturated heterocycles. The van der Waals surface area contributed by atoms with E-state index in [1.807, 2.05) is 30.3 Å². The number of anilines is 1. The van der Waals surface area contributed by atoms with E-state index in [1.54, 1.807) is 36.5 Å². The summed E-state index contributed by atoms with van der Waals surface area (Å²) in [5.74, 6) is -0.0957. The molecule has 2 aromatic carbocycles. The zero-order valence-electron chi connectivity index (χ0n) is 14.9. The fourth-order valence-corrected chi connectivity index (χ4v) is 2.54. The number of ether oxygens (including phenoxy) is 1. The van der Waals surface area contributed by atoms with Gasteiger partial charge in [0.05, 0.1) is 18.2 Å². The van der Waals surface area contributed by atoms with Crippen molar-refractivity contribution < 1.29 is 13.9 Å². The Morgan fingerprint density at radius 3 is 2.38 bits per heavy atom. The van der Waals surface area contributed by atoms with Crippen molar-refractivity contribution >= 4 is 52.6 Å².